The fourth-order valence-corrected chi connectivity index (χ4v) is 5.54. The SMILES string of the molecule is CC1CCCCC1NC(=O)NC(=O)CN1CCN(S(=O)(=O)c2ccc(Cl)cc2)CC1. The molecule has 2 aliphatic rings. The smallest absolute Gasteiger partial charge is 0.321 e. The average Bonchev–Trinajstić information content (AvgIpc) is 2.70. The summed E-state index contributed by atoms with van der Waals surface area (Å²) in [5, 5.41) is 5.77. The Morgan fingerprint density at radius 1 is 1.07 bits per heavy atom. The number of sulfonamides is 1. The number of hydrogen-bond donors (Lipinski definition) is 2. The Labute approximate surface area is 183 Å². The molecule has 30 heavy (non-hydrogen) atoms. The van der Waals surface area contributed by atoms with Crippen molar-refractivity contribution >= 4 is 33.6 Å². The summed E-state index contributed by atoms with van der Waals surface area (Å²) >= 11 is 5.83. The molecule has 0 radical (unpaired) electrons. The number of urea groups is 1. The van der Waals surface area contributed by atoms with Gasteiger partial charge in [0.05, 0.1) is 11.4 Å². The van der Waals surface area contributed by atoms with Gasteiger partial charge in [-0.25, -0.2) is 13.2 Å². The number of amides is 3. The second-order valence-electron chi connectivity index (χ2n) is 8.02. The highest BCUT2D eigenvalue weighted by Crippen LogP contribution is 2.23. The van der Waals surface area contributed by atoms with Crippen LogP contribution in [0.3, 0.4) is 0 Å². The Hall–Kier alpha value is -1.68. The highest BCUT2D eigenvalue weighted by atomic mass is 35.5. The molecule has 8 nitrogen and oxygen atoms in total. The predicted molar refractivity (Wildman–Crippen MR) is 115 cm³/mol. The third-order valence-corrected chi connectivity index (χ3v) is 8.00. The molecule has 1 saturated carbocycles. The average molecular weight is 457 g/mol. The molecule has 2 N–H and O–H groups in total. The van der Waals surface area contributed by atoms with Crippen molar-refractivity contribution in [2.24, 2.45) is 5.92 Å². The van der Waals surface area contributed by atoms with E-state index in [0.717, 1.165) is 19.3 Å². The van der Waals surface area contributed by atoms with Crippen molar-refractivity contribution in [3.63, 3.8) is 0 Å². The van der Waals surface area contributed by atoms with Crippen molar-refractivity contribution in [3.05, 3.63) is 29.3 Å². The van der Waals surface area contributed by atoms with Gasteiger partial charge in [0.25, 0.3) is 0 Å². The Morgan fingerprint density at radius 3 is 2.33 bits per heavy atom. The molecule has 3 amide bonds. The zero-order valence-corrected chi connectivity index (χ0v) is 18.7. The Bertz CT molecular complexity index is 854. The lowest BCUT2D eigenvalue weighted by molar-refractivity contribution is -0.121. The summed E-state index contributed by atoms with van der Waals surface area (Å²) < 4.78 is 26.8. The molecule has 1 heterocycles. The summed E-state index contributed by atoms with van der Waals surface area (Å²) in [7, 11) is -3.59. The normalized spacial score (nSPS) is 23.7. The predicted octanol–water partition coefficient (Wildman–Crippen LogP) is 2.05. The van der Waals surface area contributed by atoms with Crippen molar-refractivity contribution in [2.45, 2.75) is 43.5 Å². The third kappa shape index (κ3) is 5.94. The van der Waals surface area contributed by atoms with Gasteiger partial charge in [0, 0.05) is 37.2 Å². The molecule has 2 fully saturated rings. The Morgan fingerprint density at radius 2 is 1.70 bits per heavy atom. The van der Waals surface area contributed by atoms with E-state index < -0.39 is 16.1 Å². The summed E-state index contributed by atoms with van der Waals surface area (Å²) in [4.78, 5) is 26.4. The van der Waals surface area contributed by atoms with Gasteiger partial charge in [-0.05, 0) is 43.0 Å². The number of imide groups is 1. The monoisotopic (exact) mass is 456 g/mol. The van der Waals surface area contributed by atoms with Crippen molar-refractivity contribution in [3.8, 4) is 0 Å². The van der Waals surface area contributed by atoms with Gasteiger partial charge in [0.1, 0.15) is 0 Å². The molecule has 10 heteroatoms. The lowest BCUT2D eigenvalue weighted by atomic mass is 9.86. The Kier molecular flexibility index (Phi) is 7.73. The number of halogens is 1. The minimum Gasteiger partial charge on any atom is -0.335 e. The van der Waals surface area contributed by atoms with Crippen molar-refractivity contribution in [1.82, 2.24) is 19.8 Å². The Balaban J connectivity index is 1.44. The highest BCUT2D eigenvalue weighted by Gasteiger charge is 2.29. The zero-order chi connectivity index (χ0) is 21.7. The molecule has 1 aliphatic carbocycles. The summed E-state index contributed by atoms with van der Waals surface area (Å²) in [6.45, 7) is 3.57. The maximum Gasteiger partial charge on any atom is 0.321 e. The fourth-order valence-electron chi connectivity index (χ4n) is 3.99. The van der Waals surface area contributed by atoms with Crippen LogP contribution in [-0.2, 0) is 14.8 Å². The number of benzene rings is 1. The van der Waals surface area contributed by atoms with E-state index in [1.54, 1.807) is 12.1 Å². The number of nitrogens with one attached hydrogen (secondary N) is 2. The quantitative estimate of drug-likeness (QED) is 0.706. The van der Waals surface area contributed by atoms with Gasteiger partial charge >= 0.3 is 6.03 Å². The van der Waals surface area contributed by atoms with Gasteiger partial charge in [-0.2, -0.15) is 4.31 Å². The first-order valence-corrected chi connectivity index (χ1v) is 12.2. The van der Waals surface area contributed by atoms with Crippen LogP contribution in [0.2, 0.25) is 5.02 Å². The summed E-state index contributed by atoms with van der Waals surface area (Å²) in [5.41, 5.74) is 0. The van der Waals surface area contributed by atoms with Crippen LogP contribution < -0.4 is 10.6 Å². The molecule has 0 spiro atoms. The van der Waals surface area contributed by atoms with Gasteiger partial charge in [0.15, 0.2) is 0 Å². The van der Waals surface area contributed by atoms with Gasteiger partial charge < -0.3 is 5.32 Å². The maximum atomic E-state index is 12.7. The van der Waals surface area contributed by atoms with E-state index in [2.05, 4.69) is 17.6 Å². The molecule has 2 atom stereocenters. The molecular formula is C20H29ClN4O4S. The molecule has 0 bridgehead atoms. The summed E-state index contributed by atoms with van der Waals surface area (Å²) in [5.74, 6) is 0.0280. The molecular weight excluding hydrogens is 428 g/mol. The molecule has 1 aromatic rings. The van der Waals surface area contributed by atoms with Crippen LogP contribution in [0.15, 0.2) is 29.2 Å². The first kappa shape index (κ1) is 23.0. The zero-order valence-electron chi connectivity index (χ0n) is 17.1. The minimum absolute atomic E-state index is 0.0580. The van der Waals surface area contributed by atoms with Crippen LogP contribution in [-0.4, -0.2) is 68.3 Å². The van der Waals surface area contributed by atoms with Crippen LogP contribution in [0, 0.1) is 5.92 Å². The van der Waals surface area contributed by atoms with Crippen molar-refractivity contribution in [2.75, 3.05) is 32.7 Å². The molecule has 0 aromatic heterocycles. The maximum absolute atomic E-state index is 12.7. The van der Waals surface area contributed by atoms with Crippen LogP contribution in [0.1, 0.15) is 32.6 Å². The molecule has 1 saturated heterocycles. The van der Waals surface area contributed by atoms with Crippen LogP contribution in [0.25, 0.3) is 0 Å². The molecule has 166 valence electrons. The second kappa shape index (κ2) is 10.1. The van der Waals surface area contributed by atoms with Gasteiger partial charge in [-0.15, -0.1) is 0 Å². The first-order valence-electron chi connectivity index (χ1n) is 10.3. The van der Waals surface area contributed by atoms with E-state index in [0.29, 0.717) is 24.0 Å². The third-order valence-electron chi connectivity index (χ3n) is 5.83. The largest absolute Gasteiger partial charge is 0.335 e. The van der Waals surface area contributed by atoms with Gasteiger partial charge in [-0.3, -0.25) is 15.0 Å². The number of piperazine rings is 1. The van der Waals surface area contributed by atoms with Crippen molar-refractivity contribution < 1.29 is 18.0 Å². The summed E-state index contributed by atoms with van der Waals surface area (Å²) in [6, 6.07) is 5.73. The van der Waals surface area contributed by atoms with Crippen LogP contribution in [0.4, 0.5) is 4.79 Å². The lowest BCUT2D eigenvalue weighted by Crippen LogP contribution is -2.53. The molecule has 3 rings (SSSR count). The summed E-state index contributed by atoms with van der Waals surface area (Å²) in [6.07, 6.45) is 4.29. The highest BCUT2D eigenvalue weighted by molar-refractivity contribution is 7.89. The van der Waals surface area contributed by atoms with Gasteiger partial charge in [-0.1, -0.05) is 31.4 Å². The van der Waals surface area contributed by atoms with Crippen LogP contribution in [0.5, 0.6) is 0 Å². The number of hydrogen-bond acceptors (Lipinski definition) is 5. The number of nitrogens with zero attached hydrogens (tertiary/aromatic N) is 2. The fraction of sp³-hybridized carbons (Fsp3) is 0.600. The van der Waals surface area contributed by atoms with E-state index >= 15 is 0 Å². The van der Waals surface area contributed by atoms with Crippen LogP contribution >= 0.6 is 11.6 Å². The first-order chi connectivity index (χ1) is 14.3. The van der Waals surface area contributed by atoms with Gasteiger partial charge in [0.2, 0.25) is 15.9 Å². The molecule has 2 unspecified atom stereocenters. The standard InChI is InChI=1S/C20H29ClN4O4S/c1-15-4-2-3-5-18(15)22-20(27)23-19(26)14-24-10-12-25(13-11-24)30(28,29)17-8-6-16(21)7-9-17/h6-9,15,18H,2-5,10-14H2,1H3,(H2,22,23,26,27). The lowest BCUT2D eigenvalue weighted by Gasteiger charge is -2.33. The van der Waals surface area contributed by atoms with Crippen molar-refractivity contribution in [1.29, 1.82) is 0 Å². The topological polar surface area (TPSA) is 98.8 Å². The minimum atomic E-state index is -3.59. The number of rotatable bonds is 5. The van der Waals surface area contributed by atoms with E-state index in [9.17, 15) is 18.0 Å². The number of carbonyl (C=O) groups is 2. The molecule has 1 aliphatic heterocycles. The second-order valence-corrected chi connectivity index (χ2v) is 10.4. The van der Waals surface area contributed by atoms with E-state index in [1.807, 2.05) is 4.90 Å². The van der Waals surface area contributed by atoms with E-state index in [1.165, 1.54) is 22.9 Å². The number of carbonyl (C=O) groups excluding carboxylic acids is 2. The van der Waals surface area contributed by atoms with E-state index in [4.69, 9.17) is 11.6 Å². The van der Waals surface area contributed by atoms with E-state index in [-0.39, 0.29) is 36.5 Å². The molecule has 1 aromatic carbocycles.